The summed E-state index contributed by atoms with van der Waals surface area (Å²) < 4.78 is 36.3. The van der Waals surface area contributed by atoms with Crippen molar-refractivity contribution in [2.75, 3.05) is 0 Å². The minimum absolute atomic E-state index is 0.0469. The molecule has 4 heteroatoms. The molecule has 16 heavy (non-hydrogen) atoms. The third-order valence-electron chi connectivity index (χ3n) is 3.10. The van der Waals surface area contributed by atoms with Crippen LogP contribution in [0.2, 0.25) is 0 Å². The van der Waals surface area contributed by atoms with Crippen molar-refractivity contribution < 1.29 is 13.7 Å². The Bertz CT molecular complexity index is 539. The lowest BCUT2D eigenvalue weighted by atomic mass is 9.86. The van der Waals surface area contributed by atoms with Gasteiger partial charge in [-0.1, -0.05) is 19.3 Å². The molecule has 0 aliphatic heterocycles. The van der Waals surface area contributed by atoms with Crippen molar-refractivity contribution in [1.82, 2.24) is 4.73 Å². The molecule has 0 atom stereocenters. The lowest BCUT2D eigenvalue weighted by molar-refractivity contribution is 0.152. The highest BCUT2D eigenvalue weighted by Crippen LogP contribution is 2.32. The van der Waals surface area contributed by atoms with E-state index in [0.717, 1.165) is 32.1 Å². The lowest BCUT2D eigenvalue weighted by Crippen LogP contribution is -2.27. The zero-order valence-electron chi connectivity index (χ0n) is 11.9. The summed E-state index contributed by atoms with van der Waals surface area (Å²) in [6.07, 6.45) is 4.36. The van der Waals surface area contributed by atoms with Crippen molar-refractivity contribution in [2.24, 2.45) is 0 Å². The molecule has 88 valence electrons. The zero-order chi connectivity index (χ0) is 14.2. The monoisotopic (exact) mass is 228 g/mol. The van der Waals surface area contributed by atoms with Crippen molar-refractivity contribution in [1.29, 1.82) is 0 Å². The van der Waals surface area contributed by atoms with E-state index in [-0.39, 0.29) is 22.4 Å². The highest BCUT2D eigenvalue weighted by atomic mass is 19.1. The van der Waals surface area contributed by atoms with Gasteiger partial charge in [0.25, 0.3) is 0 Å². The molecule has 0 spiro atoms. The molecule has 0 bridgehead atoms. The Labute approximate surface area is 97.7 Å². The van der Waals surface area contributed by atoms with Crippen LogP contribution in [-0.4, -0.2) is 9.94 Å². The molecule has 0 aromatic carbocycles. The fourth-order valence-corrected chi connectivity index (χ4v) is 2.21. The Morgan fingerprint density at radius 1 is 1.56 bits per heavy atom. The second kappa shape index (κ2) is 4.28. The number of pyridine rings is 1. The van der Waals surface area contributed by atoms with Crippen molar-refractivity contribution in [3.8, 4) is 0 Å². The summed E-state index contributed by atoms with van der Waals surface area (Å²) in [4.78, 5) is 11.6. The molecule has 1 aliphatic rings. The number of aromatic nitrogens is 1. The number of halogens is 1. The number of hydrogen-bond acceptors (Lipinski definition) is 2. The molecule has 1 saturated carbocycles. The fourth-order valence-electron chi connectivity index (χ4n) is 2.21. The van der Waals surface area contributed by atoms with Gasteiger partial charge in [0.2, 0.25) is 0 Å². The first-order valence-corrected chi connectivity index (χ1v) is 5.43. The van der Waals surface area contributed by atoms with Crippen LogP contribution >= 0.6 is 0 Å². The summed E-state index contributed by atoms with van der Waals surface area (Å²) in [5.41, 5.74) is -1.77. The maximum absolute atomic E-state index is 13.7. The van der Waals surface area contributed by atoms with Crippen LogP contribution in [0.25, 0.3) is 0 Å². The molecule has 0 saturated heterocycles. The Hall–Kier alpha value is -1.32. The van der Waals surface area contributed by atoms with E-state index < -0.39 is 23.8 Å². The summed E-state index contributed by atoms with van der Waals surface area (Å²) in [7, 11) is 0. The molecule has 1 heterocycles. The van der Waals surface area contributed by atoms with E-state index in [1.807, 2.05) is 0 Å². The smallest absolute Gasteiger partial charge is 0.319 e. The van der Waals surface area contributed by atoms with Crippen LogP contribution in [0.1, 0.15) is 53.4 Å². The average molecular weight is 228 g/mol. The molecule has 2 rings (SSSR count). The third-order valence-corrected chi connectivity index (χ3v) is 3.10. The van der Waals surface area contributed by atoms with Crippen molar-refractivity contribution in [2.45, 2.75) is 44.9 Å². The van der Waals surface area contributed by atoms with E-state index in [9.17, 15) is 14.4 Å². The maximum Gasteiger partial charge on any atom is 0.319 e. The topological polar surface area (TPSA) is 42.2 Å². The minimum atomic E-state index is -1.75. The first-order valence-electron chi connectivity index (χ1n) is 7.09. The van der Waals surface area contributed by atoms with Gasteiger partial charge in [0.1, 0.15) is 0 Å². The van der Waals surface area contributed by atoms with E-state index in [2.05, 4.69) is 0 Å². The molecule has 0 radical (unpaired) electrons. The molecule has 1 aromatic heterocycles. The van der Waals surface area contributed by atoms with Gasteiger partial charge in [-0.15, -0.1) is 4.73 Å². The van der Waals surface area contributed by atoms with Gasteiger partial charge in [-0.2, -0.15) is 0 Å². The number of hydrogen-bond donors (Lipinski definition) is 1. The molecule has 1 fully saturated rings. The van der Waals surface area contributed by atoms with E-state index in [0.29, 0.717) is 0 Å². The predicted octanol–water partition coefficient (Wildman–Crippen LogP) is 2.58. The molecular formula is C12H16FNO2. The largest absolute Gasteiger partial charge is 0.425 e. The van der Waals surface area contributed by atoms with Gasteiger partial charge >= 0.3 is 5.56 Å². The van der Waals surface area contributed by atoms with Crippen molar-refractivity contribution >= 4 is 0 Å². The normalized spacial score (nSPS) is 20.5. The zero-order valence-corrected chi connectivity index (χ0v) is 8.87. The van der Waals surface area contributed by atoms with Gasteiger partial charge in [-0.05, 0) is 31.3 Å². The van der Waals surface area contributed by atoms with Crippen LogP contribution in [0.4, 0.5) is 4.39 Å². The molecule has 1 N–H and O–H groups in total. The summed E-state index contributed by atoms with van der Waals surface area (Å²) >= 11 is 0. The lowest BCUT2D eigenvalue weighted by Gasteiger charge is -2.23. The first-order chi connectivity index (χ1) is 8.95. The summed E-state index contributed by atoms with van der Waals surface area (Å²) in [6, 6.07) is -0.387. The van der Waals surface area contributed by atoms with E-state index in [1.165, 1.54) is 0 Å². The molecule has 1 aliphatic carbocycles. The predicted molar refractivity (Wildman–Crippen MR) is 58.4 cm³/mol. The highest BCUT2D eigenvalue weighted by Gasteiger charge is 2.21. The summed E-state index contributed by atoms with van der Waals surface area (Å²) in [5.74, 6) is -1.56. The van der Waals surface area contributed by atoms with Crippen LogP contribution in [-0.2, 0) is 0 Å². The van der Waals surface area contributed by atoms with E-state index in [4.69, 9.17) is 4.11 Å². The maximum atomic E-state index is 13.7. The molecule has 0 unspecified atom stereocenters. The van der Waals surface area contributed by atoms with Crippen LogP contribution < -0.4 is 5.56 Å². The quantitative estimate of drug-likeness (QED) is 0.751. The SMILES string of the molecule is [2H]c1c(C([2H])[2H])c(F)c(=O)n(O)c1C1CCCCC1. The van der Waals surface area contributed by atoms with Gasteiger partial charge in [0.15, 0.2) is 5.82 Å². The van der Waals surface area contributed by atoms with E-state index >= 15 is 0 Å². The van der Waals surface area contributed by atoms with Crippen LogP contribution in [0, 0.1) is 12.7 Å². The highest BCUT2D eigenvalue weighted by molar-refractivity contribution is 5.20. The van der Waals surface area contributed by atoms with Gasteiger partial charge in [-0.3, -0.25) is 4.79 Å². The Morgan fingerprint density at radius 3 is 2.88 bits per heavy atom. The fraction of sp³-hybridized carbons (Fsp3) is 0.583. The number of nitrogens with zero attached hydrogens (tertiary/aromatic N) is 1. The van der Waals surface area contributed by atoms with Gasteiger partial charge in [-0.25, -0.2) is 4.39 Å². The van der Waals surface area contributed by atoms with Crippen LogP contribution in [0.5, 0.6) is 0 Å². The van der Waals surface area contributed by atoms with Crippen LogP contribution in [0.15, 0.2) is 10.8 Å². The first kappa shape index (κ1) is 7.87. The van der Waals surface area contributed by atoms with Gasteiger partial charge < -0.3 is 5.21 Å². The third kappa shape index (κ3) is 1.84. The molecular weight excluding hydrogens is 209 g/mol. The molecule has 3 nitrogen and oxygen atoms in total. The second-order valence-corrected chi connectivity index (χ2v) is 4.19. The minimum Gasteiger partial charge on any atom is -0.425 e. The van der Waals surface area contributed by atoms with Crippen molar-refractivity contribution in [3.63, 3.8) is 0 Å². The summed E-state index contributed by atoms with van der Waals surface area (Å²) in [5, 5.41) is 9.74. The van der Waals surface area contributed by atoms with E-state index in [1.54, 1.807) is 0 Å². The average Bonchev–Trinajstić information content (AvgIpc) is 2.37. The molecule has 0 amide bonds. The van der Waals surface area contributed by atoms with Crippen LogP contribution in [0.3, 0.4) is 0 Å². The van der Waals surface area contributed by atoms with Crippen molar-refractivity contribution in [3.05, 3.63) is 33.5 Å². The Morgan fingerprint density at radius 2 is 2.25 bits per heavy atom. The second-order valence-electron chi connectivity index (χ2n) is 4.19. The summed E-state index contributed by atoms with van der Waals surface area (Å²) in [6.45, 7) is -1.75. The van der Waals surface area contributed by atoms with Gasteiger partial charge in [0.05, 0.1) is 7.06 Å². The Kier molecular flexibility index (Phi) is 2.10. The standard InChI is InChI=1S/C12H16FNO2/c1-8-7-10(9-5-3-2-4-6-9)14(16)12(15)11(8)13/h7,9,16H,2-6H2,1H3/i1D2,7D. The number of rotatable bonds is 1. The van der Waals surface area contributed by atoms with Gasteiger partial charge in [0, 0.05) is 8.66 Å². The Balaban J connectivity index is 2.62. The molecule has 1 aromatic rings.